The molecule has 0 saturated carbocycles. The Kier molecular flexibility index (Phi) is 6.03. The predicted octanol–water partition coefficient (Wildman–Crippen LogP) is 3.43. The van der Waals surface area contributed by atoms with E-state index in [1.54, 1.807) is 0 Å². The smallest absolute Gasteiger partial charge is 0.227 e. The van der Waals surface area contributed by atoms with Crippen LogP contribution in [-0.4, -0.2) is 12.5 Å². The fraction of sp³-hybridized carbons (Fsp3) is 0.562. The Hall–Kier alpha value is -1.35. The molecule has 106 valence electrons. The molecule has 1 amide bonds. The van der Waals surface area contributed by atoms with Crippen molar-refractivity contribution in [2.75, 3.05) is 11.9 Å². The molecular weight excluding hydrogens is 236 g/mol. The van der Waals surface area contributed by atoms with Crippen molar-refractivity contribution in [3.05, 3.63) is 29.3 Å². The third kappa shape index (κ3) is 4.35. The van der Waals surface area contributed by atoms with Crippen molar-refractivity contribution in [1.82, 2.24) is 0 Å². The minimum Gasteiger partial charge on any atom is -0.330 e. The monoisotopic (exact) mass is 262 g/mol. The van der Waals surface area contributed by atoms with Crippen LogP contribution in [0.25, 0.3) is 0 Å². The Morgan fingerprint density at radius 1 is 1.32 bits per heavy atom. The van der Waals surface area contributed by atoms with E-state index in [1.165, 1.54) is 5.56 Å². The molecule has 0 aliphatic rings. The van der Waals surface area contributed by atoms with E-state index in [0.29, 0.717) is 12.5 Å². The number of amides is 1. The van der Waals surface area contributed by atoms with Crippen molar-refractivity contribution in [2.45, 2.75) is 46.5 Å². The third-order valence-corrected chi connectivity index (χ3v) is 3.46. The van der Waals surface area contributed by atoms with E-state index in [4.69, 9.17) is 5.73 Å². The SMILES string of the molecule is Cc1cccc(C(C)C)c1NC(=O)C(C)CCCN. The highest BCUT2D eigenvalue weighted by molar-refractivity contribution is 5.93. The summed E-state index contributed by atoms with van der Waals surface area (Å²) in [6.07, 6.45) is 1.73. The maximum absolute atomic E-state index is 12.2. The van der Waals surface area contributed by atoms with Crippen LogP contribution >= 0.6 is 0 Å². The van der Waals surface area contributed by atoms with Gasteiger partial charge in [0.2, 0.25) is 5.91 Å². The van der Waals surface area contributed by atoms with Gasteiger partial charge in [-0.1, -0.05) is 39.0 Å². The predicted molar refractivity (Wildman–Crippen MR) is 81.4 cm³/mol. The van der Waals surface area contributed by atoms with Gasteiger partial charge in [0.1, 0.15) is 0 Å². The first kappa shape index (κ1) is 15.7. The van der Waals surface area contributed by atoms with Crippen molar-refractivity contribution in [1.29, 1.82) is 0 Å². The molecule has 0 radical (unpaired) electrons. The lowest BCUT2D eigenvalue weighted by Gasteiger charge is -2.18. The number of nitrogens with two attached hydrogens (primary N) is 1. The molecule has 1 aromatic rings. The Labute approximate surface area is 116 Å². The van der Waals surface area contributed by atoms with Gasteiger partial charge < -0.3 is 11.1 Å². The summed E-state index contributed by atoms with van der Waals surface area (Å²) in [5, 5.41) is 3.09. The van der Waals surface area contributed by atoms with Crippen molar-refractivity contribution < 1.29 is 4.79 Å². The number of aryl methyl sites for hydroxylation is 1. The maximum Gasteiger partial charge on any atom is 0.227 e. The lowest BCUT2D eigenvalue weighted by atomic mass is 9.97. The van der Waals surface area contributed by atoms with E-state index in [-0.39, 0.29) is 11.8 Å². The molecule has 1 atom stereocenters. The van der Waals surface area contributed by atoms with Gasteiger partial charge in [-0.25, -0.2) is 0 Å². The molecule has 1 rings (SSSR count). The average molecular weight is 262 g/mol. The quantitative estimate of drug-likeness (QED) is 0.825. The van der Waals surface area contributed by atoms with Gasteiger partial charge in [0, 0.05) is 11.6 Å². The van der Waals surface area contributed by atoms with E-state index < -0.39 is 0 Å². The summed E-state index contributed by atoms with van der Waals surface area (Å²) in [5.74, 6) is 0.488. The van der Waals surface area contributed by atoms with Gasteiger partial charge in [-0.3, -0.25) is 4.79 Å². The zero-order valence-electron chi connectivity index (χ0n) is 12.5. The molecule has 0 aliphatic carbocycles. The fourth-order valence-corrected chi connectivity index (χ4v) is 2.14. The van der Waals surface area contributed by atoms with E-state index in [9.17, 15) is 4.79 Å². The molecule has 1 unspecified atom stereocenters. The zero-order valence-corrected chi connectivity index (χ0v) is 12.5. The normalized spacial score (nSPS) is 12.5. The molecule has 0 aliphatic heterocycles. The number of para-hydroxylation sites is 1. The first-order chi connectivity index (χ1) is 8.97. The molecule has 0 heterocycles. The fourth-order valence-electron chi connectivity index (χ4n) is 2.14. The van der Waals surface area contributed by atoms with E-state index in [2.05, 4.69) is 25.2 Å². The Bertz CT molecular complexity index is 427. The van der Waals surface area contributed by atoms with Gasteiger partial charge in [-0.2, -0.15) is 0 Å². The minimum absolute atomic E-state index is 0.00293. The van der Waals surface area contributed by atoms with Gasteiger partial charge in [-0.15, -0.1) is 0 Å². The summed E-state index contributed by atoms with van der Waals surface area (Å²) in [7, 11) is 0. The Morgan fingerprint density at radius 3 is 2.58 bits per heavy atom. The molecule has 3 nitrogen and oxygen atoms in total. The molecular formula is C16H26N2O. The van der Waals surface area contributed by atoms with Gasteiger partial charge in [0.25, 0.3) is 0 Å². The van der Waals surface area contributed by atoms with Crippen LogP contribution in [0.15, 0.2) is 18.2 Å². The van der Waals surface area contributed by atoms with Crippen LogP contribution in [0.4, 0.5) is 5.69 Å². The summed E-state index contributed by atoms with van der Waals surface area (Å²) in [6, 6.07) is 6.15. The average Bonchev–Trinajstić information content (AvgIpc) is 2.37. The molecule has 3 N–H and O–H groups in total. The van der Waals surface area contributed by atoms with Crippen LogP contribution in [0, 0.1) is 12.8 Å². The number of nitrogens with one attached hydrogen (secondary N) is 1. The largest absolute Gasteiger partial charge is 0.330 e. The van der Waals surface area contributed by atoms with Gasteiger partial charge in [0.05, 0.1) is 0 Å². The van der Waals surface area contributed by atoms with E-state index in [1.807, 2.05) is 26.0 Å². The van der Waals surface area contributed by atoms with Crippen molar-refractivity contribution in [3.8, 4) is 0 Å². The highest BCUT2D eigenvalue weighted by Crippen LogP contribution is 2.28. The summed E-state index contributed by atoms with van der Waals surface area (Å²) < 4.78 is 0. The second-order valence-corrected chi connectivity index (χ2v) is 5.52. The van der Waals surface area contributed by atoms with Gasteiger partial charge >= 0.3 is 0 Å². The third-order valence-electron chi connectivity index (χ3n) is 3.46. The van der Waals surface area contributed by atoms with E-state index in [0.717, 1.165) is 24.1 Å². The maximum atomic E-state index is 12.2. The Balaban J connectivity index is 2.84. The molecule has 3 heteroatoms. The van der Waals surface area contributed by atoms with Crippen LogP contribution in [-0.2, 0) is 4.79 Å². The molecule has 0 fully saturated rings. The number of rotatable bonds is 6. The van der Waals surface area contributed by atoms with Crippen molar-refractivity contribution in [2.24, 2.45) is 11.7 Å². The topological polar surface area (TPSA) is 55.1 Å². The lowest BCUT2D eigenvalue weighted by molar-refractivity contribution is -0.119. The molecule has 0 spiro atoms. The van der Waals surface area contributed by atoms with Gasteiger partial charge in [-0.05, 0) is 43.4 Å². The molecule has 19 heavy (non-hydrogen) atoms. The standard InChI is InChI=1S/C16H26N2O/c1-11(2)14-9-5-7-12(3)15(14)18-16(19)13(4)8-6-10-17/h5,7,9,11,13H,6,8,10,17H2,1-4H3,(H,18,19). The summed E-state index contributed by atoms with van der Waals surface area (Å²) in [6.45, 7) is 8.91. The van der Waals surface area contributed by atoms with Crippen LogP contribution in [0.1, 0.15) is 50.7 Å². The number of carbonyl (C=O) groups excluding carboxylic acids is 1. The highest BCUT2D eigenvalue weighted by Gasteiger charge is 2.16. The number of anilines is 1. The van der Waals surface area contributed by atoms with Crippen LogP contribution in [0.3, 0.4) is 0 Å². The highest BCUT2D eigenvalue weighted by atomic mass is 16.1. The first-order valence-electron chi connectivity index (χ1n) is 7.07. The van der Waals surface area contributed by atoms with E-state index >= 15 is 0 Å². The zero-order chi connectivity index (χ0) is 14.4. The summed E-state index contributed by atoms with van der Waals surface area (Å²) in [5.41, 5.74) is 8.77. The minimum atomic E-state index is 0.00293. The Morgan fingerprint density at radius 2 is 2.00 bits per heavy atom. The molecule has 1 aromatic carbocycles. The van der Waals surface area contributed by atoms with Crippen molar-refractivity contribution in [3.63, 3.8) is 0 Å². The number of carbonyl (C=O) groups is 1. The molecule has 0 aromatic heterocycles. The number of hydrogen-bond donors (Lipinski definition) is 2. The number of hydrogen-bond acceptors (Lipinski definition) is 2. The molecule has 0 bridgehead atoms. The van der Waals surface area contributed by atoms with Crippen LogP contribution in [0.2, 0.25) is 0 Å². The lowest BCUT2D eigenvalue weighted by Crippen LogP contribution is -2.22. The van der Waals surface area contributed by atoms with Crippen LogP contribution < -0.4 is 11.1 Å². The number of benzene rings is 1. The second-order valence-electron chi connectivity index (χ2n) is 5.52. The summed E-state index contributed by atoms with van der Waals surface area (Å²) in [4.78, 5) is 12.2. The van der Waals surface area contributed by atoms with Gasteiger partial charge in [0.15, 0.2) is 0 Å². The second kappa shape index (κ2) is 7.29. The first-order valence-corrected chi connectivity index (χ1v) is 7.07. The summed E-state index contributed by atoms with van der Waals surface area (Å²) >= 11 is 0. The van der Waals surface area contributed by atoms with Crippen molar-refractivity contribution >= 4 is 11.6 Å². The molecule has 0 saturated heterocycles. The van der Waals surface area contributed by atoms with Crippen LogP contribution in [0.5, 0.6) is 0 Å².